The van der Waals surface area contributed by atoms with E-state index >= 15 is 0 Å². The minimum absolute atomic E-state index is 0.0489. The number of halogens is 1. The minimum Gasteiger partial charge on any atom is -0.389 e. The largest absolute Gasteiger partial charge is 0.389 e. The Morgan fingerprint density at radius 1 is 1.35 bits per heavy atom. The standard InChI is InChI=1S/C15H19FN2OS/c1-15(8-3-2-4-9-15)14(19)18-11-7-5-6-10(16)12(11)13(17)20/h5-7H,2-4,8-9H2,1H3,(H2,17,20)(H,18,19). The number of hydrogen-bond donors (Lipinski definition) is 2. The molecule has 1 saturated carbocycles. The van der Waals surface area contributed by atoms with Gasteiger partial charge in [-0.3, -0.25) is 4.79 Å². The third-order valence-corrected chi connectivity index (χ3v) is 4.22. The highest BCUT2D eigenvalue weighted by Gasteiger charge is 2.34. The molecule has 0 unspecified atom stereocenters. The molecule has 0 heterocycles. The molecule has 0 bridgehead atoms. The van der Waals surface area contributed by atoms with E-state index in [1.807, 2.05) is 6.92 Å². The Kier molecular flexibility index (Phi) is 4.38. The van der Waals surface area contributed by atoms with Gasteiger partial charge in [-0.25, -0.2) is 4.39 Å². The van der Waals surface area contributed by atoms with Crippen molar-refractivity contribution >= 4 is 28.8 Å². The molecule has 1 aliphatic carbocycles. The van der Waals surface area contributed by atoms with E-state index < -0.39 is 11.2 Å². The third-order valence-electron chi connectivity index (χ3n) is 4.01. The van der Waals surface area contributed by atoms with Crippen molar-refractivity contribution in [1.82, 2.24) is 0 Å². The fourth-order valence-electron chi connectivity index (χ4n) is 2.71. The Morgan fingerprint density at radius 2 is 2.00 bits per heavy atom. The van der Waals surface area contributed by atoms with E-state index in [1.165, 1.54) is 18.6 Å². The van der Waals surface area contributed by atoms with E-state index in [0.29, 0.717) is 5.69 Å². The summed E-state index contributed by atoms with van der Waals surface area (Å²) < 4.78 is 13.8. The zero-order valence-corrected chi connectivity index (χ0v) is 12.4. The Labute approximate surface area is 123 Å². The molecule has 1 aliphatic rings. The number of carbonyl (C=O) groups excluding carboxylic acids is 1. The molecule has 0 aromatic heterocycles. The van der Waals surface area contributed by atoms with Gasteiger partial charge in [0.15, 0.2) is 0 Å². The SMILES string of the molecule is CC1(C(=O)Nc2cccc(F)c2C(N)=S)CCCCC1. The average molecular weight is 294 g/mol. The molecule has 0 radical (unpaired) electrons. The van der Waals surface area contributed by atoms with E-state index in [0.717, 1.165) is 25.7 Å². The minimum atomic E-state index is -0.510. The molecule has 5 heteroatoms. The second-order valence-electron chi connectivity index (χ2n) is 5.60. The fourth-order valence-corrected chi connectivity index (χ4v) is 2.92. The summed E-state index contributed by atoms with van der Waals surface area (Å²) in [6.45, 7) is 1.96. The molecule has 2 rings (SSSR count). The molecule has 20 heavy (non-hydrogen) atoms. The monoisotopic (exact) mass is 294 g/mol. The first-order valence-corrected chi connectivity index (χ1v) is 7.25. The number of carbonyl (C=O) groups is 1. The van der Waals surface area contributed by atoms with E-state index in [-0.39, 0.29) is 16.5 Å². The van der Waals surface area contributed by atoms with E-state index in [4.69, 9.17) is 18.0 Å². The summed E-state index contributed by atoms with van der Waals surface area (Å²) >= 11 is 4.86. The van der Waals surface area contributed by atoms with Crippen LogP contribution in [0, 0.1) is 11.2 Å². The summed E-state index contributed by atoms with van der Waals surface area (Å²) in [6.07, 6.45) is 4.98. The maximum atomic E-state index is 13.8. The van der Waals surface area contributed by atoms with Crippen LogP contribution in [0.4, 0.5) is 10.1 Å². The first-order valence-electron chi connectivity index (χ1n) is 6.84. The van der Waals surface area contributed by atoms with Gasteiger partial charge in [0.1, 0.15) is 10.8 Å². The summed E-state index contributed by atoms with van der Waals surface area (Å²) in [4.78, 5) is 12.4. The molecular weight excluding hydrogens is 275 g/mol. The van der Waals surface area contributed by atoms with Crippen LogP contribution < -0.4 is 11.1 Å². The Balaban J connectivity index is 2.24. The van der Waals surface area contributed by atoms with E-state index in [1.54, 1.807) is 6.07 Å². The van der Waals surface area contributed by atoms with Crippen LogP contribution in [0.15, 0.2) is 18.2 Å². The van der Waals surface area contributed by atoms with Gasteiger partial charge in [0.25, 0.3) is 0 Å². The lowest BCUT2D eigenvalue weighted by molar-refractivity contribution is -0.126. The Morgan fingerprint density at radius 3 is 2.60 bits per heavy atom. The van der Waals surface area contributed by atoms with Crippen LogP contribution in [0.5, 0.6) is 0 Å². The quantitative estimate of drug-likeness (QED) is 0.840. The predicted molar refractivity (Wildman–Crippen MR) is 82.1 cm³/mol. The second kappa shape index (κ2) is 5.87. The van der Waals surface area contributed by atoms with Crippen molar-refractivity contribution in [2.75, 3.05) is 5.32 Å². The zero-order chi connectivity index (χ0) is 14.8. The van der Waals surface area contributed by atoms with Crippen LogP contribution in [0.3, 0.4) is 0 Å². The summed E-state index contributed by atoms with van der Waals surface area (Å²) in [5.41, 5.74) is 5.61. The van der Waals surface area contributed by atoms with Gasteiger partial charge in [-0.05, 0) is 25.0 Å². The van der Waals surface area contributed by atoms with E-state index in [9.17, 15) is 9.18 Å². The molecule has 1 fully saturated rings. The van der Waals surface area contributed by atoms with Crippen LogP contribution in [0.25, 0.3) is 0 Å². The van der Waals surface area contributed by atoms with Crippen LogP contribution in [0.1, 0.15) is 44.6 Å². The number of thiocarbonyl (C=S) groups is 1. The summed E-state index contributed by atoms with van der Waals surface area (Å²) in [6, 6.07) is 4.45. The highest BCUT2D eigenvalue weighted by molar-refractivity contribution is 7.80. The Hall–Kier alpha value is -1.49. The lowest BCUT2D eigenvalue weighted by atomic mass is 9.75. The average Bonchev–Trinajstić information content (AvgIpc) is 2.39. The van der Waals surface area contributed by atoms with Crippen molar-refractivity contribution in [3.05, 3.63) is 29.6 Å². The molecule has 0 atom stereocenters. The predicted octanol–water partition coefficient (Wildman–Crippen LogP) is 3.37. The van der Waals surface area contributed by atoms with Crippen molar-refractivity contribution < 1.29 is 9.18 Å². The van der Waals surface area contributed by atoms with Gasteiger partial charge in [-0.1, -0.05) is 44.5 Å². The van der Waals surface area contributed by atoms with Crippen LogP contribution in [-0.4, -0.2) is 10.9 Å². The number of nitrogens with two attached hydrogens (primary N) is 1. The summed E-state index contributed by atoms with van der Waals surface area (Å²) in [7, 11) is 0. The topological polar surface area (TPSA) is 55.1 Å². The number of anilines is 1. The van der Waals surface area contributed by atoms with Gasteiger partial charge in [-0.15, -0.1) is 0 Å². The molecule has 1 aromatic rings. The second-order valence-corrected chi connectivity index (χ2v) is 6.04. The van der Waals surface area contributed by atoms with Crippen molar-refractivity contribution in [3.8, 4) is 0 Å². The van der Waals surface area contributed by atoms with Crippen molar-refractivity contribution in [2.24, 2.45) is 11.1 Å². The van der Waals surface area contributed by atoms with Gasteiger partial charge < -0.3 is 11.1 Å². The smallest absolute Gasteiger partial charge is 0.230 e. The lowest BCUT2D eigenvalue weighted by Gasteiger charge is -2.32. The molecule has 0 aliphatic heterocycles. The first-order chi connectivity index (χ1) is 9.44. The molecule has 1 aromatic carbocycles. The number of benzene rings is 1. The summed E-state index contributed by atoms with van der Waals surface area (Å²) in [5.74, 6) is -0.593. The van der Waals surface area contributed by atoms with Gasteiger partial charge in [0.05, 0.1) is 11.3 Å². The lowest BCUT2D eigenvalue weighted by Crippen LogP contribution is -2.36. The van der Waals surface area contributed by atoms with Gasteiger partial charge >= 0.3 is 0 Å². The Bertz CT molecular complexity index is 539. The van der Waals surface area contributed by atoms with Gasteiger partial charge in [0.2, 0.25) is 5.91 Å². The molecular formula is C15H19FN2OS. The van der Waals surface area contributed by atoms with Crippen LogP contribution in [-0.2, 0) is 4.79 Å². The summed E-state index contributed by atoms with van der Waals surface area (Å²) in [5, 5.41) is 2.80. The van der Waals surface area contributed by atoms with Crippen LogP contribution in [0.2, 0.25) is 0 Å². The van der Waals surface area contributed by atoms with Crippen molar-refractivity contribution in [1.29, 1.82) is 0 Å². The molecule has 0 saturated heterocycles. The van der Waals surface area contributed by atoms with Crippen molar-refractivity contribution in [2.45, 2.75) is 39.0 Å². The number of nitrogens with one attached hydrogen (secondary N) is 1. The molecule has 108 valence electrons. The van der Waals surface area contributed by atoms with Gasteiger partial charge in [-0.2, -0.15) is 0 Å². The van der Waals surface area contributed by atoms with Crippen molar-refractivity contribution in [3.63, 3.8) is 0 Å². The molecule has 3 N–H and O–H groups in total. The molecule has 1 amide bonds. The maximum absolute atomic E-state index is 13.8. The fraction of sp³-hybridized carbons (Fsp3) is 0.467. The van der Waals surface area contributed by atoms with E-state index in [2.05, 4.69) is 5.32 Å². The highest BCUT2D eigenvalue weighted by atomic mass is 32.1. The number of rotatable bonds is 3. The first kappa shape index (κ1) is 14.9. The maximum Gasteiger partial charge on any atom is 0.230 e. The molecule has 3 nitrogen and oxygen atoms in total. The zero-order valence-electron chi connectivity index (χ0n) is 11.5. The highest BCUT2D eigenvalue weighted by Crippen LogP contribution is 2.37. The molecule has 0 spiro atoms. The van der Waals surface area contributed by atoms with Crippen LogP contribution >= 0.6 is 12.2 Å². The normalized spacial score (nSPS) is 17.5. The number of hydrogen-bond acceptors (Lipinski definition) is 2. The number of amides is 1. The third kappa shape index (κ3) is 2.98. The van der Waals surface area contributed by atoms with Gasteiger partial charge in [0, 0.05) is 5.41 Å².